The third kappa shape index (κ3) is 4.62. The number of carbonyl (C=O) groups is 1. The molecule has 3 aromatic carbocycles. The van der Waals surface area contributed by atoms with Gasteiger partial charge >= 0.3 is 0 Å². The summed E-state index contributed by atoms with van der Waals surface area (Å²) in [4.78, 5) is 12.5. The number of methoxy groups -OCH3 is 1. The molecule has 0 atom stereocenters. The Labute approximate surface area is 179 Å². The van der Waals surface area contributed by atoms with Crippen molar-refractivity contribution in [2.24, 2.45) is 0 Å². The lowest BCUT2D eigenvalue weighted by Crippen LogP contribution is -2.23. The van der Waals surface area contributed by atoms with Crippen molar-refractivity contribution in [2.45, 2.75) is 11.4 Å². The average Bonchev–Trinajstić information content (AvgIpc) is 3.26. The predicted octanol–water partition coefficient (Wildman–Crippen LogP) is 3.15. The van der Waals surface area contributed by atoms with Crippen LogP contribution >= 0.6 is 0 Å². The number of rotatable bonds is 7. The van der Waals surface area contributed by atoms with E-state index in [-0.39, 0.29) is 29.8 Å². The summed E-state index contributed by atoms with van der Waals surface area (Å²) in [5, 5.41) is 2.71. The molecule has 9 heteroatoms. The molecule has 8 nitrogen and oxygen atoms in total. The quantitative estimate of drug-likeness (QED) is 0.585. The molecule has 3 aromatic rings. The Balaban J connectivity index is 1.52. The maximum atomic E-state index is 12.8. The normalized spacial score (nSPS) is 12.4. The first-order valence-electron chi connectivity index (χ1n) is 9.39. The number of nitrogens with one attached hydrogen (secondary N) is 2. The Morgan fingerprint density at radius 3 is 2.55 bits per heavy atom. The van der Waals surface area contributed by atoms with Crippen LogP contribution in [0.4, 0.5) is 5.69 Å². The van der Waals surface area contributed by atoms with Gasteiger partial charge in [0.1, 0.15) is 5.75 Å². The lowest BCUT2D eigenvalue weighted by Gasteiger charge is -2.13. The number of fused-ring (bicyclic) bond motifs is 1. The molecule has 160 valence electrons. The minimum absolute atomic E-state index is 0.00240. The van der Waals surface area contributed by atoms with Crippen LogP contribution in [-0.2, 0) is 16.6 Å². The second kappa shape index (κ2) is 8.66. The van der Waals surface area contributed by atoms with Crippen LogP contribution in [0.15, 0.2) is 71.6 Å². The molecule has 0 aromatic heterocycles. The van der Waals surface area contributed by atoms with E-state index >= 15 is 0 Å². The third-order valence-electron chi connectivity index (χ3n) is 4.67. The number of benzene rings is 3. The maximum Gasteiger partial charge on any atom is 0.255 e. The summed E-state index contributed by atoms with van der Waals surface area (Å²) in [6, 6.07) is 18.1. The van der Waals surface area contributed by atoms with Gasteiger partial charge in [-0.05, 0) is 48.0 Å². The highest BCUT2D eigenvalue weighted by Gasteiger charge is 2.19. The molecule has 0 aliphatic carbocycles. The minimum atomic E-state index is -3.85. The zero-order valence-corrected chi connectivity index (χ0v) is 17.4. The lowest BCUT2D eigenvalue weighted by molar-refractivity contribution is 0.102. The van der Waals surface area contributed by atoms with Crippen LogP contribution in [0.5, 0.6) is 17.2 Å². The fraction of sp³-hybridized carbons (Fsp3) is 0.136. The Bertz CT molecular complexity index is 1210. The molecule has 0 saturated heterocycles. The zero-order valence-electron chi connectivity index (χ0n) is 16.6. The zero-order chi connectivity index (χ0) is 21.8. The van der Waals surface area contributed by atoms with Crippen LogP contribution < -0.4 is 24.2 Å². The summed E-state index contributed by atoms with van der Waals surface area (Å²) in [5.74, 6) is 1.17. The van der Waals surface area contributed by atoms with Gasteiger partial charge in [0.05, 0.1) is 17.7 Å². The van der Waals surface area contributed by atoms with Crippen LogP contribution in [0.2, 0.25) is 0 Å². The Kier molecular flexibility index (Phi) is 5.79. The van der Waals surface area contributed by atoms with Crippen LogP contribution in [0.1, 0.15) is 15.9 Å². The van der Waals surface area contributed by atoms with Gasteiger partial charge in [-0.2, -0.15) is 0 Å². The Morgan fingerprint density at radius 2 is 1.77 bits per heavy atom. The molecule has 0 spiro atoms. The van der Waals surface area contributed by atoms with Crippen molar-refractivity contribution < 1.29 is 27.4 Å². The second-order valence-corrected chi connectivity index (χ2v) is 8.46. The number of hydrogen-bond donors (Lipinski definition) is 2. The molecular formula is C22H20N2O6S. The minimum Gasteiger partial charge on any atom is -0.495 e. The highest BCUT2D eigenvalue weighted by atomic mass is 32.2. The van der Waals surface area contributed by atoms with Gasteiger partial charge in [-0.1, -0.05) is 24.3 Å². The van der Waals surface area contributed by atoms with E-state index in [0.29, 0.717) is 22.8 Å². The van der Waals surface area contributed by atoms with E-state index in [4.69, 9.17) is 14.2 Å². The van der Waals surface area contributed by atoms with Crippen LogP contribution in [0.25, 0.3) is 0 Å². The van der Waals surface area contributed by atoms with E-state index in [2.05, 4.69) is 10.0 Å². The van der Waals surface area contributed by atoms with Crippen molar-refractivity contribution in [1.82, 2.24) is 4.72 Å². The molecule has 1 aliphatic heterocycles. The van der Waals surface area contributed by atoms with Gasteiger partial charge in [0.2, 0.25) is 16.8 Å². The molecule has 1 aliphatic rings. The van der Waals surface area contributed by atoms with Crippen molar-refractivity contribution in [3.05, 3.63) is 77.9 Å². The maximum absolute atomic E-state index is 12.8. The van der Waals surface area contributed by atoms with Gasteiger partial charge in [0.25, 0.3) is 5.91 Å². The van der Waals surface area contributed by atoms with Crippen molar-refractivity contribution in [3.8, 4) is 17.2 Å². The van der Waals surface area contributed by atoms with E-state index in [1.165, 1.54) is 25.3 Å². The number of hydrogen-bond acceptors (Lipinski definition) is 6. The first-order chi connectivity index (χ1) is 15.0. The molecule has 2 N–H and O–H groups in total. The third-order valence-corrected chi connectivity index (χ3v) is 6.07. The Hall–Kier alpha value is -3.56. The van der Waals surface area contributed by atoms with Crippen molar-refractivity contribution >= 4 is 21.6 Å². The van der Waals surface area contributed by atoms with Crippen molar-refractivity contribution in [1.29, 1.82) is 0 Å². The van der Waals surface area contributed by atoms with Gasteiger partial charge in [-0.3, -0.25) is 4.79 Å². The molecule has 0 radical (unpaired) electrons. The number of ether oxygens (including phenoxy) is 3. The fourth-order valence-corrected chi connectivity index (χ4v) is 4.09. The molecule has 0 unspecified atom stereocenters. The molecule has 4 rings (SSSR count). The monoisotopic (exact) mass is 440 g/mol. The van der Waals surface area contributed by atoms with Gasteiger partial charge in [0, 0.05) is 12.1 Å². The lowest BCUT2D eigenvalue weighted by atomic mass is 10.2. The van der Waals surface area contributed by atoms with Gasteiger partial charge in [-0.15, -0.1) is 0 Å². The molecule has 31 heavy (non-hydrogen) atoms. The van der Waals surface area contributed by atoms with Crippen LogP contribution in [0.3, 0.4) is 0 Å². The summed E-state index contributed by atoms with van der Waals surface area (Å²) in [7, 11) is -2.41. The van der Waals surface area contributed by atoms with Gasteiger partial charge in [0.15, 0.2) is 11.5 Å². The summed E-state index contributed by atoms with van der Waals surface area (Å²) in [6.45, 7) is 0.213. The Morgan fingerprint density at radius 1 is 1.00 bits per heavy atom. The summed E-state index contributed by atoms with van der Waals surface area (Å²) >= 11 is 0. The number of sulfonamides is 1. The SMILES string of the molecule is COc1ccc(S(=O)(=O)NCc2ccc3c(c2)OCO3)cc1NC(=O)c1ccccc1. The van der Waals surface area contributed by atoms with Crippen molar-refractivity contribution in [3.63, 3.8) is 0 Å². The second-order valence-electron chi connectivity index (χ2n) is 6.69. The smallest absolute Gasteiger partial charge is 0.255 e. The van der Waals surface area contributed by atoms with E-state index in [1.54, 1.807) is 48.5 Å². The van der Waals surface area contributed by atoms with E-state index in [1.807, 2.05) is 0 Å². The number of amides is 1. The summed E-state index contributed by atoms with van der Waals surface area (Å²) in [5.41, 5.74) is 1.42. The van der Waals surface area contributed by atoms with Crippen LogP contribution in [-0.4, -0.2) is 28.2 Å². The number of carbonyl (C=O) groups excluding carboxylic acids is 1. The average molecular weight is 440 g/mol. The first kappa shape index (κ1) is 20.7. The van der Waals surface area contributed by atoms with Crippen LogP contribution in [0, 0.1) is 0 Å². The molecule has 0 fully saturated rings. The molecule has 1 heterocycles. The van der Waals surface area contributed by atoms with E-state index in [9.17, 15) is 13.2 Å². The fourth-order valence-electron chi connectivity index (χ4n) is 3.05. The standard InChI is InChI=1S/C22H20N2O6S/c1-28-19-10-8-17(12-18(19)24-22(25)16-5-3-2-4-6-16)31(26,27)23-13-15-7-9-20-21(11-15)30-14-29-20/h2-12,23H,13-14H2,1H3,(H,24,25). The van der Waals surface area contributed by atoms with E-state index < -0.39 is 10.0 Å². The highest BCUT2D eigenvalue weighted by Crippen LogP contribution is 2.33. The molecular weight excluding hydrogens is 420 g/mol. The predicted molar refractivity (Wildman–Crippen MR) is 114 cm³/mol. The number of anilines is 1. The van der Waals surface area contributed by atoms with Crippen molar-refractivity contribution in [2.75, 3.05) is 19.2 Å². The molecule has 0 bridgehead atoms. The topological polar surface area (TPSA) is 103 Å². The van der Waals surface area contributed by atoms with Gasteiger partial charge in [-0.25, -0.2) is 13.1 Å². The van der Waals surface area contributed by atoms with E-state index in [0.717, 1.165) is 5.56 Å². The first-order valence-corrected chi connectivity index (χ1v) is 10.9. The summed E-state index contributed by atoms with van der Waals surface area (Å²) < 4.78 is 44.0. The molecule has 0 saturated carbocycles. The largest absolute Gasteiger partial charge is 0.495 e. The summed E-state index contributed by atoms with van der Waals surface area (Å²) in [6.07, 6.45) is 0. The molecule has 1 amide bonds. The van der Waals surface area contributed by atoms with Gasteiger partial charge < -0.3 is 19.5 Å². The highest BCUT2D eigenvalue weighted by molar-refractivity contribution is 7.89.